The topological polar surface area (TPSA) is 90.4 Å². The molecule has 1 atom stereocenters. The number of hydrogen-bond acceptors (Lipinski definition) is 6. The van der Waals surface area contributed by atoms with Crippen molar-refractivity contribution >= 4 is 23.4 Å². The number of benzene rings is 1. The van der Waals surface area contributed by atoms with Gasteiger partial charge in [0.25, 0.3) is 0 Å². The first-order chi connectivity index (χ1) is 14.7. The maximum atomic E-state index is 13.2. The summed E-state index contributed by atoms with van der Waals surface area (Å²) in [6.45, 7) is 4.05. The number of aliphatic hydroxyl groups excluding tert-OH is 1. The highest BCUT2D eigenvalue weighted by Crippen LogP contribution is 2.34. The molecule has 1 unspecified atom stereocenters. The Morgan fingerprint density at radius 2 is 2.06 bits per heavy atom. The van der Waals surface area contributed by atoms with Crippen molar-refractivity contribution in [2.24, 2.45) is 0 Å². The molecule has 31 heavy (non-hydrogen) atoms. The van der Waals surface area contributed by atoms with Gasteiger partial charge in [-0.1, -0.05) is 19.4 Å². The predicted octanol–water partition coefficient (Wildman–Crippen LogP) is 3.19. The number of aliphatic hydroxyl groups is 1. The van der Waals surface area contributed by atoms with Crippen molar-refractivity contribution in [3.8, 4) is 0 Å². The summed E-state index contributed by atoms with van der Waals surface area (Å²) in [5, 5.41) is 14.6. The van der Waals surface area contributed by atoms with Gasteiger partial charge in [-0.15, -0.1) is 0 Å². The van der Waals surface area contributed by atoms with Crippen molar-refractivity contribution in [3.05, 3.63) is 41.1 Å². The Morgan fingerprint density at radius 3 is 2.74 bits per heavy atom. The highest BCUT2D eigenvalue weighted by Gasteiger charge is 2.32. The molecule has 0 radical (unpaired) electrons. The number of alkyl halides is 3. The Labute approximate surface area is 178 Å². The van der Waals surface area contributed by atoms with Gasteiger partial charge in [0.05, 0.1) is 5.56 Å². The zero-order chi connectivity index (χ0) is 22.6. The molecular formula is C21H26F3N5O2. The van der Waals surface area contributed by atoms with Crippen LogP contribution in [0.3, 0.4) is 0 Å². The zero-order valence-corrected chi connectivity index (χ0v) is 17.5. The van der Waals surface area contributed by atoms with Gasteiger partial charge in [-0.2, -0.15) is 18.2 Å². The van der Waals surface area contributed by atoms with Crippen LogP contribution in [0.5, 0.6) is 0 Å². The van der Waals surface area contributed by atoms with Crippen molar-refractivity contribution < 1.29 is 23.1 Å². The van der Waals surface area contributed by atoms with Crippen LogP contribution in [0, 0.1) is 6.92 Å². The highest BCUT2D eigenvalue weighted by atomic mass is 19.4. The molecule has 1 amide bonds. The zero-order valence-electron chi connectivity index (χ0n) is 17.5. The van der Waals surface area contributed by atoms with E-state index in [2.05, 4.69) is 20.6 Å². The summed E-state index contributed by atoms with van der Waals surface area (Å²) in [6.07, 6.45) is -2.19. The molecule has 1 saturated heterocycles. The first kappa shape index (κ1) is 22.8. The number of halogens is 3. The van der Waals surface area contributed by atoms with E-state index in [4.69, 9.17) is 5.11 Å². The van der Waals surface area contributed by atoms with Crippen molar-refractivity contribution in [3.63, 3.8) is 0 Å². The van der Waals surface area contributed by atoms with Gasteiger partial charge < -0.3 is 20.6 Å². The van der Waals surface area contributed by atoms with Crippen molar-refractivity contribution in [1.82, 2.24) is 15.3 Å². The minimum absolute atomic E-state index is 0.105. The molecule has 10 heteroatoms. The smallest absolute Gasteiger partial charge is 0.387 e. The van der Waals surface area contributed by atoms with Gasteiger partial charge in [0.15, 0.2) is 0 Å². The molecule has 1 fully saturated rings. The SMILES string of the molecule is CCCc1cc(N2CCC(NC(=O)CO)C2)nc(Nc2ccc(C)c(C(F)(F)F)c2)n1. The number of carbonyl (C=O) groups excluding carboxylic acids is 1. The molecule has 0 saturated carbocycles. The van der Waals surface area contributed by atoms with Crippen LogP contribution in [0.25, 0.3) is 0 Å². The molecule has 3 N–H and O–H groups in total. The first-order valence-electron chi connectivity index (χ1n) is 10.2. The lowest BCUT2D eigenvalue weighted by molar-refractivity contribution is -0.138. The second-order valence-electron chi connectivity index (χ2n) is 7.60. The van der Waals surface area contributed by atoms with Crippen LogP contribution in [0.1, 0.15) is 36.6 Å². The number of carbonyl (C=O) groups is 1. The lowest BCUT2D eigenvalue weighted by Gasteiger charge is -2.20. The van der Waals surface area contributed by atoms with Crippen LogP contribution < -0.4 is 15.5 Å². The standard InChI is InChI=1S/C21H26F3N5O2/c1-3-4-14-10-18(29-8-7-16(11-29)25-19(31)12-30)28-20(26-14)27-15-6-5-13(2)17(9-15)21(22,23)24/h5-6,9-10,16,30H,3-4,7-8,11-12H2,1-2H3,(H,25,31)(H,26,27,28). The molecule has 1 aliphatic rings. The van der Waals surface area contributed by atoms with Crippen LogP contribution in [0.15, 0.2) is 24.3 Å². The third-order valence-electron chi connectivity index (χ3n) is 5.09. The molecule has 1 aromatic carbocycles. The molecule has 1 aliphatic heterocycles. The number of amides is 1. The largest absolute Gasteiger partial charge is 0.416 e. The van der Waals surface area contributed by atoms with Crippen molar-refractivity contribution in [2.45, 2.75) is 45.3 Å². The van der Waals surface area contributed by atoms with Gasteiger partial charge in [0, 0.05) is 36.6 Å². The monoisotopic (exact) mass is 437 g/mol. The van der Waals surface area contributed by atoms with E-state index in [1.165, 1.54) is 13.0 Å². The average molecular weight is 437 g/mol. The first-order valence-corrected chi connectivity index (χ1v) is 10.2. The van der Waals surface area contributed by atoms with Crippen molar-refractivity contribution in [2.75, 3.05) is 29.9 Å². The number of anilines is 3. The number of hydrogen-bond donors (Lipinski definition) is 3. The van der Waals surface area contributed by atoms with E-state index in [-0.39, 0.29) is 23.2 Å². The summed E-state index contributed by atoms with van der Waals surface area (Å²) in [5.41, 5.74) is 0.477. The van der Waals surface area contributed by atoms with Crippen LogP contribution in [0.2, 0.25) is 0 Å². The lowest BCUT2D eigenvalue weighted by atomic mass is 10.1. The lowest BCUT2D eigenvalue weighted by Crippen LogP contribution is -2.38. The van der Waals surface area contributed by atoms with Gasteiger partial charge >= 0.3 is 6.18 Å². The van der Waals surface area contributed by atoms with Gasteiger partial charge in [-0.3, -0.25) is 4.79 Å². The van der Waals surface area contributed by atoms with E-state index >= 15 is 0 Å². The predicted molar refractivity (Wildman–Crippen MR) is 111 cm³/mol. The van der Waals surface area contributed by atoms with Gasteiger partial charge in [-0.25, -0.2) is 4.98 Å². The van der Waals surface area contributed by atoms with Crippen molar-refractivity contribution in [1.29, 1.82) is 0 Å². The fourth-order valence-electron chi connectivity index (χ4n) is 3.58. The number of rotatable bonds is 7. The molecule has 2 heterocycles. The van der Waals surface area contributed by atoms with E-state index in [1.807, 2.05) is 17.9 Å². The van der Waals surface area contributed by atoms with E-state index in [1.54, 1.807) is 6.07 Å². The number of aromatic nitrogens is 2. The third-order valence-corrected chi connectivity index (χ3v) is 5.09. The summed E-state index contributed by atoms with van der Waals surface area (Å²) in [4.78, 5) is 22.4. The summed E-state index contributed by atoms with van der Waals surface area (Å²) < 4.78 is 39.7. The molecule has 0 bridgehead atoms. The molecule has 3 rings (SSSR count). The molecule has 2 aromatic rings. The molecule has 168 valence electrons. The molecule has 0 aliphatic carbocycles. The second kappa shape index (κ2) is 9.51. The second-order valence-corrected chi connectivity index (χ2v) is 7.60. The van der Waals surface area contributed by atoms with Gasteiger partial charge in [-0.05, 0) is 37.5 Å². The maximum Gasteiger partial charge on any atom is 0.416 e. The normalized spacial score (nSPS) is 16.5. The fraction of sp³-hybridized carbons (Fsp3) is 0.476. The molecule has 1 aromatic heterocycles. The Morgan fingerprint density at radius 1 is 1.29 bits per heavy atom. The molecular weight excluding hydrogens is 411 g/mol. The minimum atomic E-state index is -4.44. The van der Waals surface area contributed by atoms with E-state index in [0.29, 0.717) is 31.7 Å². The minimum Gasteiger partial charge on any atom is -0.387 e. The maximum absolute atomic E-state index is 13.2. The molecule has 0 spiro atoms. The van der Waals surface area contributed by atoms with Crippen LogP contribution in [-0.2, 0) is 17.4 Å². The number of nitrogens with one attached hydrogen (secondary N) is 2. The van der Waals surface area contributed by atoms with Crippen LogP contribution >= 0.6 is 0 Å². The molecule has 7 nitrogen and oxygen atoms in total. The third kappa shape index (κ3) is 5.84. The highest BCUT2D eigenvalue weighted by molar-refractivity contribution is 5.77. The van der Waals surface area contributed by atoms with Gasteiger partial charge in [0.1, 0.15) is 12.4 Å². The Bertz CT molecular complexity index is 936. The number of nitrogens with zero attached hydrogens (tertiary/aromatic N) is 3. The average Bonchev–Trinajstić information content (AvgIpc) is 3.17. The Kier molecular flexibility index (Phi) is 6.99. The fourth-order valence-corrected chi connectivity index (χ4v) is 3.58. The van der Waals surface area contributed by atoms with Crippen LogP contribution in [0.4, 0.5) is 30.6 Å². The quantitative estimate of drug-likeness (QED) is 0.617. The van der Waals surface area contributed by atoms with Crippen LogP contribution in [-0.4, -0.2) is 46.7 Å². The summed E-state index contributed by atoms with van der Waals surface area (Å²) in [6, 6.07) is 5.79. The summed E-state index contributed by atoms with van der Waals surface area (Å²) in [7, 11) is 0. The van der Waals surface area contributed by atoms with Gasteiger partial charge in [0.2, 0.25) is 11.9 Å². The summed E-state index contributed by atoms with van der Waals surface area (Å²) in [5.74, 6) is 0.439. The summed E-state index contributed by atoms with van der Waals surface area (Å²) >= 11 is 0. The number of aryl methyl sites for hydroxylation is 2. The van der Waals surface area contributed by atoms with E-state index < -0.39 is 24.3 Å². The Balaban J connectivity index is 1.84. The Hall–Kier alpha value is -2.88. The van der Waals surface area contributed by atoms with E-state index in [9.17, 15) is 18.0 Å². The van der Waals surface area contributed by atoms with E-state index in [0.717, 1.165) is 18.2 Å².